The third-order valence-electron chi connectivity index (χ3n) is 2.80. The van der Waals surface area contributed by atoms with E-state index in [-0.39, 0.29) is 5.97 Å². The fraction of sp³-hybridized carbons (Fsp3) is 0.235. The smallest absolute Gasteiger partial charge is 0.339 e. The Morgan fingerprint density at radius 2 is 1.74 bits per heavy atom. The second-order valence-corrected chi connectivity index (χ2v) is 5.45. The highest BCUT2D eigenvalue weighted by Crippen LogP contribution is 2.25. The van der Waals surface area contributed by atoms with Gasteiger partial charge in [-0.05, 0) is 43.2 Å². The SMILES string of the molecule is C=Cc1ccc(C(=O)OC(C)(C)C)c2ccccc12. The number of carbonyl (C=O) groups excluding carboxylic acids is 1. The van der Waals surface area contributed by atoms with Gasteiger partial charge in [-0.25, -0.2) is 4.79 Å². The molecule has 2 aromatic rings. The number of ether oxygens (including phenoxy) is 1. The second-order valence-electron chi connectivity index (χ2n) is 5.45. The van der Waals surface area contributed by atoms with E-state index < -0.39 is 5.60 Å². The van der Waals surface area contributed by atoms with Gasteiger partial charge in [0.1, 0.15) is 5.60 Å². The third-order valence-corrected chi connectivity index (χ3v) is 2.80. The lowest BCUT2D eigenvalue weighted by atomic mass is 9.99. The van der Waals surface area contributed by atoms with Gasteiger partial charge in [0, 0.05) is 0 Å². The highest BCUT2D eigenvalue weighted by Gasteiger charge is 2.19. The van der Waals surface area contributed by atoms with Crippen LogP contribution in [0.3, 0.4) is 0 Å². The first-order chi connectivity index (χ1) is 8.92. The van der Waals surface area contributed by atoms with Crippen LogP contribution in [-0.2, 0) is 4.74 Å². The van der Waals surface area contributed by atoms with Gasteiger partial charge >= 0.3 is 5.97 Å². The molecule has 0 radical (unpaired) electrons. The van der Waals surface area contributed by atoms with Gasteiger partial charge in [-0.15, -0.1) is 0 Å². The lowest BCUT2D eigenvalue weighted by molar-refractivity contribution is 0.00719. The van der Waals surface area contributed by atoms with E-state index in [2.05, 4.69) is 6.58 Å². The van der Waals surface area contributed by atoms with E-state index in [1.54, 1.807) is 12.1 Å². The minimum atomic E-state index is -0.491. The second kappa shape index (κ2) is 4.88. The highest BCUT2D eigenvalue weighted by molar-refractivity contribution is 6.06. The predicted molar refractivity (Wildman–Crippen MR) is 79.2 cm³/mol. The molecule has 0 unspecified atom stereocenters. The van der Waals surface area contributed by atoms with E-state index in [0.29, 0.717) is 5.56 Å². The standard InChI is InChI=1S/C17H18O2/c1-5-12-10-11-15(16(18)19-17(2,3)4)14-9-7-6-8-13(12)14/h5-11H,1H2,2-4H3. The van der Waals surface area contributed by atoms with Gasteiger partial charge in [-0.2, -0.15) is 0 Å². The van der Waals surface area contributed by atoms with Crippen molar-refractivity contribution < 1.29 is 9.53 Å². The molecule has 0 aliphatic rings. The zero-order valence-electron chi connectivity index (χ0n) is 11.6. The minimum Gasteiger partial charge on any atom is -0.456 e. The Balaban J connectivity index is 2.56. The fourth-order valence-electron chi connectivity index (χ4n) is 2.01. The van der Waals surface area contributed by atoms with Crippen LogP contribution in [0.15, 0.2) is 43.0 Å². The van der Waals surface area contributed by atoms with Crippen molar-refractivity contribution in [1.29, 1.82) is 0 Å². The van der Waals surface area contributed by atoms with Crippen LogP contribution in [0.2, 0.25) is 0 Å². The van der Waals surface area contributed by atoms with Crippen molar-refractivity contribution in [3.8, 4) is 0 Å². The van der Waals surface area contributed by atoms with Crippen LogP contribution in [-0.4, -0.2) is 11.6 Å². The molecule has 2 heteroatoms. The average Bonchev–Trinajstić information content (AvgIpc) is 2.35. The number of carbonyl (C=O) groups is 1. The summed E-state index contributed by atoms with van der Waals surface area (Å²) < 4.78 is 5.44. The molecule has 2 rings (SSSR count). The van der Waals surface area contributed by atoms with Gasteiger partial charge < -0.3 is 4.74 Å². The van der Waals surface area contributed by atoms with Crippen LogP contribution in [0.1, 0.15) is 36.7 Å². The normalized spacial score (nSPS) is 11.3. The Hall–Kier alpha value is -2.09. The van der Waals surface area contributed by atoms with E-state index in [0.717, 1.165) is 16.3 Å². The lowest BCUT2D eigenvalue weighted by Crippen LogP contribution is -2.24. The maximum absolute atomic E-state index is 12.2. The van der Waals surface area contributed by atoms with Crippen LogP contribution >= 0.6 is 0 Å². The topological polar surface area (TPSA) is 26.3 Å². The zero-order chi connectivity index (χ0) is 14.0. The van der Waals surface area contributed by atoms with Crippen molar-refractivity contribution in [2.75, 3.05) is 0 Å². The van der Waals surface area contributed by atoms with Crippen LogP contribution in [0.4, 0.5) is 0 Å². The summed E-state index contributed by atoms with van der Waals surface area (Å²) in [7, 11) is 0. The molecule has 0 saturated carbocycles. The van der Waals surface area contributed by atoms with Crippen LogP contribution < -0.4 is 0 Å². The van der Waals surface area contributed by atoms with Crippen molar-refractivity contribution in [2.24, 2.45) is 0 Å². The summed E-state index contributed by atoms with van der Waals surface area (Å²) in [5.41, 5.74) is 1.12. The number of benzene rings is 2. The predicted octanol–water partition coefficient (Wildman–Crippen LogP) is 4.44. The maximum Gasteiger partial charge on any atom is 0.339 e. The monoisotopic (exact) mass is 254 g/mol. The van der Waals surface area contributed by atoms with Gasteiger partial charge in [-0.3, -0.25) is 0 Å². The summed E-state index contributed by atoms with van der Waals surface area (Å²) in [4.78, 5) is 12.2. The van der Waals surface area contributed by atoms with E-state index in [1.807, 2.05) is 51.1 Å². The van der Waals surface area contributed by atoms with E-state index in [1.165, 1.54) is 0 Å². The van der Waals surface area contributed by atoms with Gasteiger partial charge in [0.25, 0.3) is 0 Å². The molecule has 0 aliphatic carbocycles. The number of esters is 1. The van der Waals surface area contributed by atoms with E-state index in [9.17, 15) is 4.79 Å². The molecule has 0 saturated heterocycles. The molecule has 0 aromatic heterocycles. The Morgan fingerprint density at radius 3 is 2.32 bits per heavy atom. The number of hydrogen-bond donors (Lipinski definition) is 0. The average molecular weight is 254 g/mol. The quantitative estimate of drug-likeness (QED) is 0.741. The van der Waals surface area contributed by atoms with Gasteiger partial charge in [0.15, 0.2) is 0 Å². The first-order valence-corrected chi connectivity index (χ1v) is 6.30. The molecule has 0 spiro atoms. The van der Waals surface area contributed by atoms with Crippen molar-refractivity contribution in [3.05, 3.63) is 54.1 Å². The molecular weight excluding hydrogens is 236 g/mol. The Labute approximate surface area is 113 Å². The molecule has 0 bridgehead atoms. The molecule has 98 valence electrons. The van der Waals surface area contributed by atoms with Gasteiger partial charge in [0.2, 0.25) is 0 Å². The summed E-state index contributed by atoms with van der Waals surface area (Å²) in [6.07, 6.45) is 1.79. The minimum absolute atomic E-state index is 0.292. The summed E-state index contributed by atoms with van der Waals surface area (Å²) >= 11 is 0. The fourth-order valence-corrected chi connectivity index (χ4v) is 2.01. The number of rotatable bonds is 2. The molecule has 0 amide bonds. The Kier molecular flexibility index (Phi) is 3.43. The molecule has 0 aliphatic heterocycles. The van der Waals surface area contributed by atoms with Gasteiger partial charge in [0.05, 0.1) is 5.56 Å². The van der Waals surface area contributed by atoms with E-state index in [4.69, 9.17) is 4.74 Å². The lowest BCUT2D eigenvalue weighted by Gasteiger charge is -2.20. The Bertz CT molecular complexity index is 633. The first-order valence-electron chi connectivity index (χ1n) is 6.30. The van der Waals surface area contributed by atoms with Crippen LogP contribution in [0.25, 0.3) is 16.8 Å². The highest BCUT2D eigenvalue weighted by atomic mass is 16.6. The van der Waals surface area contributed by atoms with Crippen LogP contribution in [0, 0.1) is 0 Å². The molecule has 0 fully saturated rings. The van der Waals surface area contributed by atoms with Crippen molar-refractivity contribution in [2.45, 2.75) is 26.4 Å². The number of fused-ring (bicyclic) bond motifs is 1. The van der Waals surface area contributed by atoms with Crippen molar-refractivity contribution >= 4 is 22.8 Å². The Morgan fingerprint density at radius 1 is 1.11 bits per heavy atom. The summed E-state index contributed by atoms with van der Waals surface area (Å²) in [5.74, 6) is -0.292. The summed E-state index contributed by atoms with van der Waals surface area (Å²) in [6.45, 7) is 9.40. The van der Waals surface area contributed by atoms with Crippen molar-refractivity contribution in [1.82, 2.24) is 0 Å². The van der Waals surface area contributed by atoms with E-state index >= 15 is 0 Å². The zero-order valence-corrected chi connectivity index (χ0v) is 11.6. The molecule has 0 atom stereocenters. The molecule has 2 aromatic carbocycles. The molecule has 2 nitrogen and oxygen atoms in total. The summed E-state index contributed by atoms with van der Waals surface area (Å²) in [6, 6.07) is 11.5. The molecule has 0 heterocycles. The third kappa shape index (κ3) is 2.84. The molecule has 0 N–H and O–H groups in total. The number of hydrogen-bond acceptors (Lipinski definition) is 2. The molecular formula is C17H18O2. The van der Waals surface area contributed by atoms with Gasteiger partial charge in [-0.1, -0.05) is 43.0 Å². The van der Waals surface area contributed by atoms with Crippen LogP contribution in [0.5, 0.6) is 0 Å². The molecule has 19 heavy (non-hydrogen) atoms. The maximum atomic E-state index is 12.2. The first kappa shape index (κ1) is 13.3. The largest absolute Gasteiger partial charge is 0.456 e. The van der Waals surface area contributed by atoms with Crippen molar-refractivity contribution in [3.63, 3.8) is 0 Å². The summed E-state index contributed by atoms with van der Waals surface area (Å²) in [5, 5.41) is 1.91.